The second kappa shape index (κ2) is 6.66. The van der Waals surface area contributed by atoms with Gasteiger partial charge in [-0.15, -0.1) is 0 Å². The number of aryl methyl sites for hydroxylation is 1. The molecule has 7 heteroatoms. The van der Waals surface area contributed by atoms with E-state index in [4.69, 9.17) is 4.74 Å². The summed E-state index contributed by atoms with van der Waals surface area (Å²) in [4.78, 5) is 12.8. The molecule has 0 saturated heterocycles. The molecule has 0 aliphatic rings. The van der Waals surface area contributed by atoms with Crippen LogP contribution in [-0.4, -0.2) is 15.0 Å². The predicted molar refractivity (Wildman–Crippen MR) is 80.6 cm³/mol. The lowest BCUT2D eigenvalue weighted by Crippen LogP contribution is -2.05. The lowest BCUT2D eigenvalue weighted by atomic mass is 10.3. The first-order valence-corrected chi connectivity index (χ1v) is 7.07. The summed E-state index contributed by atoms with van der Waals surface area (Å²) in [6.07, 6.45) is 1.62. The molecule has 122 valence electrons. The van der Waals surface area contributed by atoms with E-state index in [1.54, 1.807) is 37.4 Å². The maximum absolute atomic E-state index is 13.6. The summed E-state index contributed by atoms with van der Waals surface area (Å²) in [7, 11) is 0. The Morgan fingerprint density at radius 3 is 2.58 bits per heavy atom. The molecule has 0 radical (unpaired) electrons. The van der Waals surface area contributed by atoms with Gasteiger partial charge in [-0.2, -0.15) is 4.39 Å². The largest absolute Gasteiger partial charge is 0.484 e. The number of hydrogen-bond donors (Lipinski definition) is 0. The number of nitrogens with zero attached hydrogens (tertiary/aromatic N) is 3. The number of rotatable bonds is 4. The molecule has 0 atom stereocenters. The molecule has 0 amide bonds. The molecule has 2 heterocycles. The van der Waals surface area contributed by atoms with Crippen LogP contribution in [0.2, 0.25) is 0 Å². The Morgan fingerprint density at radius 2 is 1.83 bits per heavy atom. The third kappa shape index (κ3) is 3.34. The monoisotopic (exact) mass is 331 g/mol. The van der Waals surface area contributed by atoms with Crippen LogP contribution in [0, 0.1) is 24.4 Å². The number of hydrogen-bond acceptors (Lipinski definition) is 4. The molecule has 0 aliphatic heterocycles. The average Bonchev–Trinajstić information content (AvgIpc) is 2.59. The van der Waals surface area contributed by atoms with Crippen LogP contribution in [0.1, 0.15) is 11.4 Å². The minimum atomic E-state index is -1.57. The Kier molecular flexibility index (Phi) is 4.41. The van der Waals surface area contributed by atoms with Crippen LogP contribution in [0.5, 0.6) is 5.75 Å². The molecule has 0 aliphatic carbocycles. The molecule has 2 aromatic heterocycles. The maximum Gasteiger partial charge on any atom is 0.203 e. The Labute approximate surface area is 136 Å². The van der Waals surface area contributed by atoms with Gasteiger partial charge < -0.3 is 4.74 Å². The maximum atomic E-state index is 13.6. The lowest BCUT2D eigenvalue weighted by Gasteiger charge is -2.09. The van der Waals surface area contributed by atoms with Crippen molar-refractivity contribution < 1.29 is 17.9 Å². The summed E-state index contributed by atoms with van der Waals surface area (Å²) in [6, 6.07) is 8.83. The standard InChI is InChI=1S/C17H12F3N3O/c1-10-8-11(23-17(22-10)13-4-2-3-7-21-13)9-24-14-6-5-12(18)15(19)16(14)20/h2-8H,9H2,1H3. The van der Waals surface area contributed by atoms with Crippen molar-refractivity contribution in [2.24, 2.45) is 0 Å². The van der Waals surface area contributed by atoms with E-state index in [2.05, 4.69) is 15.0 Å². The van der Waals surface area contributed by atoms with Crippen molar-refractivity contribution >= 4 is 0 Å². The number of pyridine rings is 1. The smallest absolute Gasteiger partial charge is 0.203 e. The third-order valence-corrected chi connectivity index (χ3v) is 3.18. The highest BCUT2D eigenvalue weighted by Gasteiger charge is 2.15. The second-order valence-corrected chi connectivity index (χ2v) is 5.00. The van der Waals surface area contributed by atoms with Gasteiger partial charge >= 0.3 is 0 Å². The molecule has 0 bridgehead atoms. The minimum Gasteiger partial charge on any atom is -0.484 e. The summed E-state index contributed by atoms with van der Waals surface area (Å²) in [5, 5.41) is 0. The molecular weight excluding hydrogens is 319 g/mol. The number of halogens is 3. The highest BCUT2D eigenvalue weighted by atomic mass is 19.2. The molecule has 0 unspecified atom stereocenters. The van der Waals surface area contributed by atoms with E-state index in [1.165, 1.54) is 0 Å². The van der Waals surface area contributed by atoms with E-state index in [9.17, 15) is 13.2 Å². The summed E-state index contributed by atoms with van der Waals surface area (Å²) >= 11 is 0. The highest BCUT2D eigenvalue weighted by molar-refractivity contribution is 5.48. The first-order valence-electron chi connectivity index (χ1n) is 7.07. The van der Waals surface area contributed by atoms with Gasteiger partial charge in [0.1, 0.15) is 12.3 Å². The Bertz CT molecular complexity index is 872. The van der Waals surface area contributed by atoms with Crippen molar-refractivity contribution in [3.63, 3.8) is 0 Å². The normalized spacial score (nSPS) is 10.7. The topological polar surface area (TPSA) is 47.9 Å². The first-order chi connectivity index (χ1) is 11.5. The van der Waals surface area contributed by atoms with Crippen molar-refractivity contribution in [1.29, 1.82) is 0 Å². The van der Waals surface area contributed by atoms with Crippen molar-refractivity contribution in [2.45, 2.75) is 13.5 Å². The number of aromatic nitrogens is 3. The fourth-order valence-electron chi connectivity index (χ4n) is 2.09. The Hall–Kier alpha value is -2.96. The second-order valence-electron chi connectivity index (χ2n) is 5.00. The van der Waals surface area contributed by atoms with Crippen molar-refractivity contribution in [3.05, 3.63) is 71.4 Å². The van der Waals surface area contributed by atoms with Gasteiger partial charge in [-0.1, -0.05) is 6.07 Å². The van der Waals surface area contributed by atoms with E-state index >= 15 is 0 Å². The van der Waals surface area contributed by atoms with Crippen LogP contribution in [0.4, 0.5) is 13.2 Å². The molecule has 1 aromatic carbocycles. The Balaban J connectivity index is 1.84. The quantitative estimate of drug-likeness (QED) is 0.682. The van der Waals surface area contributed by atoms with Crippen molar-refractivity contribution in [2.75, 3.05) is 0 Å². The zero-order chi connectivity index (χ0) is 17.1. The van der Waals surface area contributed by atoms with Crippen LogP contribution in [0.15, 0.2) is 42.6 Å². The van der Waals surface area contributed by atoms with Gasteiger partial charge in [-0.25, -0.2) is 18.7 Å². The van der Waals surface area contributed by atoms with E-state index in [1.807, 2.05) is 0 Å². The molecule has 0 fully saturated rings. The molecule has 3 aromatic rings. The lowest BCUT2D eigenvalue weighted by molar-refractivity contribution is 0.277. The summed E-state index contributed by atoms with van der Waals surface area (Å²) in [5.41, 5.74) is 1.73. The van der Waals surface area contributed by atoms with E-state index in [0.717, 1.165) is 12.1 Å². The van der Waals surface area contributed by atoms with Gasteiger partial charge in [0.2, 0.25) is 5.82 Å². The molecule has 0 saturated carbocycles. The van der Waals surface area contributed by atoms with Gasteiger partial charge in [0.15, 0.2) is 23.2 Å². The van der Waals surface area contributed by atoms with Crippen LogP contribution >= 0.6 is 0 Å². The van der Waals surface area contributed by atoms with Crippen LogP contribution in [-0.2, 0) is 6.61 Å². The van der Waals surface area contributed by atoms with Crippen LogP contribution in [0.25, 0.3) is 11.5 Å². The summed E-state index contributed by atoms with van der Waals surface area (Å²) in [5.74, 6) is -4.19. The zero-order valence-electron chi connectivity index (χ0n) is 12.6. The molecule has 3 rings (SSSR count). The highest BCUT2D eigenvalue weighted by Crippen LogP contribution is 2.23. The van der Waals surface area contributed by atoms with Gasteiger partial charge in [0.05, 0.1) is 5.69 Å². The van der Waals surface area contributed by atoms with Crippen molar-refractivity contribution in [1.82, 2.24) is 15.0 Å². The predicted octanol–water partition coefficient (Wildman–Crippen LogP) is 3.84. The Morgan fingerprint density at radius 1 is 1.00 bits per heavy atom. The van der Waals surface area contributed by atoms with Gasteiger partial charge in [-0.3, -0.25) is 4.98 Å². The van der Waals surface area contributed by atoms with Crippen molar-refractivity contribution in [3.8, 4) is 17.3 Å². The van der Waals surface area contributed by atoms with E-state index in [-0.39, 0.29) is 12.4 Å². The van der Waals surface area contributed by atoms with Gasteiger partial charge in [0.25, 0.3) is 0 Å². The molecule has 24 heavy (non-hydrogen) atoms. The van der Waals surface area contributed by atoms with Crippen LogP contribution in [0.3, 0.4) is 0 Å². The SMILES string of the molecule is Cc1cc(COc2ccc(F)c(F)c2F)nc(-c2ccccn2)n1. The number of benzene rings is 1. The molecule has 0 N–H and O–H groups in total. The first kappa shape index (κ1) is 15.9. The van der Waals surface area contributed by atoms with Gasteiger partial charge in [0, 0.05) is 11.9 Å². The summed E-state index contributed by atoms with van der Waals surface area (Å²) < 4.78 is 44.9. The van der Waals surface area contributed by atoms with Gasteiger partial charge in [-0.05, 0) is 37.3 Å². The third-order valence-electron chi connectivity index (χ3n) is 3.18. The van der Waals surface area contributed by atoms with E-state index < -0.39 is 17.5 Å². The summed E-state index contributed by atoms with van der Waals surface area (Å²) in [6.45, 7) is 1.65. The fourth-order valence-corrected chi connectivity index (χ4v) is 2.09. The molecular formula is C17H12F3N3O. The molecule has 0 spiro atoms. The average molecular weight is 331 g/mol. The molecule has 4 nitrogen and oxygen atoms in total. The minimum absolute atomic E-state index is 0.120. The fraction of sp³-hybridized carbons (Fsp3) is 0.118. The number of ether oxygens (including phenoxy) is 1. The zero-order valence-corrected chi connectivity index (χ0v) is 12.6. The van der Waals surface area contributed by atoms with Crippen LogP contribution < -0.4 is 4.74 Å². The van der Waals surface area contributed by atoms with E-state index in [0.29, 0.717) is 22.9 Å².